The van der Waals surface area contributed by atoms with Gasteiger partial charge in [-0.15, -0.1) is 0 Å². The number of hydrogen-bond acceptors (Lipinski definition) is 8. The number of nitrogens with two attached hydrogens (primary N) is 1. The summed E-state index contributed by atoms with van der Waals surface area (Å²) in [6.45, 7) is 4.30. The van der Waals surface area contributed by atoms with E-state index in [0.29, 0.717) is 68.2 Å². The average molecular weight is 564 g/mol. The molecule has 0 amide bonds. The lowest BCUT2D eigenvalue weighted by atomic mass is 10.0. The zero-order chi connectivity index (χ0) is 30.3. The minimum atomic E-state index is -4.33. The number of nitrogens with one attached hydrogen (secondary N) is 1. The molecule has 0 radical (unpaired) electrons. The van der Waals surface area contributed by atoms with Gasteiger partial charge in [0.15, 0.2) is 0 Å². The van der Waals surface area contributed by atoms with Gasteiger partial charge in [0, 0.05) is 43.9 Å². The van der Waals surface area contributed by atoms with Gasteiger partial charge in [-0.05, 0) is 30.5 Å². The number of alkyl halides is 3. The van der Waals surface area contributed by atoms with Crippen LogP contribution in [0.15, 0.2) is 53.7 Å². The predicted octanol–water partition coefficient (Wildman–Crippen LogP) is 2.59. The van der Waals surface area contributed by atoms with Gasteiger partial charge in [0.2, 0.25) is 0 Å². The second-order valence-corrected chi connectivity index (χ2v) is 7.11. The zero-order valence-electron chi connectivity index (χ0n) is 21.1. The van der Waals surface area contributed by atoms with Gasteiger partial charge in [0.1, 0.15) is 6.61 Å². The highest BCUT2D eigenvalue weighted by Crippen LogP contribution is 2.29. The Balaban J connectivity index is 0. The summed E-state index contributed by atoms with van der Waals surface area (Å²) < 4.78 is 37.8. The molecule has 0 fully saturated rings. The number of carboxylic acids is 4. The summed E-state index contributed by atoms with van der Waals surface area (Å²) in [6.07, 6.45) is 0.435. The van der Waals surface area contributed by atoms with Gasteiger partial charge in [-0.2, -0.15) is 13.2 Å². The van der Waals surface area contributed by atoms with Gasteiger partial charge in [-0.3, -0.25) is 0 Å². The van der Waals surface area contributed by atoms with Crippen molar-refractivity contribution in [2.45, 2.75) is 32.4 Å². The molecule has 218 valence electrons. The van der Waals surface area contributed by atoms with Crippen molar-refractivity contribution in [3.05, 3.63) is 59.7 Å². The maximum absolute atomic E-state index is 12.6. The molecule has 0 saturated heterocycles. The van der Waals surface area contributed by atoms with E-state index in [1.807, 2.05) is 6.92 Å². The lowest BCUT2D eigenvalue weighted by molar-refractivity contribution is -0.137. The highest BCUT2D eigenvalue weighted by molar-refractivity contribution is 6.00. The third-order valence-electron chi connectivity index (χ3n) is 3.92. The first kappa shape index (κ1) is 36.9. The molecule has 12 nitrogen and oxygen atoms in total. The number of halogens is 3. The summed E-state index contributed by atoms with van der Waals surface area (Å²) in [5.41, 5.74) is 6.01. The second kappa shape index (κ2) is 21.8. The SMILES string of the molecule is CCCC/C(=N\OCCNCCN)c1ccc(C(F)(F)F)cc1.O=C(O)/C=C\C(=O)O.O=C(O)/C=C\C(=O)O. The first-order valence-corrected chi connectivity index (χ1v) is 11.3. The van der Waals surface area contributed by atoms with Crippen LogP contribution in [-0.2, 0) is 30.2 Å². The molecule has 7 N–H and O–H groups in total. The van der Waals surface area contributed by atoms with Crippen molar-refractivity contribution in [1.29, 1.82) is 0 Å². The molecule has 0 unspecified atom stereocenters. The molecule has 0 aromatic heterocycles. The number of oxime groups is 1. The fourth-order valence-electron chi connectivity index (χ4n) is 2.19. The third kappa shape index (κ3) is 23.9. The van der Waals surface area contributed by atoms with E-state index < -0.39 is 35.6 Å². The number of carbonyl (C=O) groups is 4. The first-order chi connectivity index (χ1) is 18.2. The molecule has 0 atom stereocenters. The normalized spacial score (nSPS) is 11.3. The lowest BCUT2D eigenvalue weighted by Gasteiger charge is -2.10. The summed E-state index contributed by atoms with van der Waals surface area (Å²) in [5, 5.41) is 38.4. The minimum absolute atomic E-state index is 0.385. The van der Waals surface area contributed by atoms with Crippen molar-refractivity contribution >= 4 is 29.6 Å². The van der Waals surface area contributed by atoms with Crippen LogP contribution < -0.4 is 11.1 Å². The summed E-state index contributed by atoms with van der Waals surface area (Å²) in [5.74, 6) is -5.03. The topological polar surface area (TPSA) is 209 Å². The summed E-state index contributed by atoms with van der Waals surface area (Å²) in [7, 11) is 0. The van der Waals surface area contributed by atoms with Crippen molar-refractivity contribution in [1.82, 2.24) is 5.32 Å². The largest absolute Gasteiger partial charge is 0.478 e. The number of unbranched alkanes of at least 4 members (excludes halogenated alkanes) is 1. The molecule has 0 spiro atoms. The van der Waals surface area contributed by atoms with Gasteiger partial charge < -0.3 is 36.3 Å². The zero-order valence-corrected chi connectivity index (χ0v) is 21.1. The van der Waals surface area contributed by atoms with E-state index in [1.54, 1.807) is 0 Å². The number of benzene rings is 1. The van der Waals surface area contributed by atoms with Crippen LogP contribution in [0.2, 0.25) is 0 Å². The quantitative estimate of drug-likeness (QED) is 0.0838. The molecule has 15 heteroatoms. The van der Waals surface area contributed by atoms with E-state index in [0.717, 1.165) is 25.0 Å². The molecular weight excluding hydrogens is 531 g/mol. The molecule has 0 bridgehead atoms. The van der Waals surface area contributed by atoms with Gasteiger partial charge >= 0.3 is 30.1 Å². The van der Waals surface area contributed by atoms with E-state index in [9.17, 15) is 32.3 Å². The summed E-state index contributed by atoms with van der Waals surface area (Å²) in [6, 6.07) is 5.01. The Morgan fingerprint density at radius 2 is 1.36 bits per heavy atom. The Labute approximate surface area is 222 Å². The van der Waals surface area contributed by atoms with Crippen molar-refractivity contribution in [3.63, 3.8) is 0 Å². The molecule has 39 heavy (non-hydrogen) atoms. The maximum Gasteiger partial charge on any atom is 0.416 e. The molecule has 0 aliphatic carbocycles. The lowest BCUT2D eigenvalue weighted by Crippen LogP contribution is -2.25. The molecule has 0 heterocycles. The monoisotopic (exact) mass is 563 g/mol. The molecular formula is C24H32F3N3O9. The van der Waals surface area contributed by atoms with Crippen LogP contribution >= 0.6 is 0 Å². The average Bonchev–Trinajstić information content (AvgIpc) is 2.86. The molecule has 1 aromatic rings. The van der Waals surface area contributed by atoms with Crippen LogP contribution in [0.5, 0.6) is 0 Å². The van der Waals surface area contributed by atoms with Crippen molar-refractivity contribution < 1.29 is 57.6 Å². The van der Waals surface area contributed by atoms with Crippen LogP contribution in [0, 0.1) is 0 Å². The Bertz CT molecular complexity index is 911. The number of hydrogen-bond donors (Lipinski definition) is 6. The van der Waals surface area contributed by atoms with Crippen LogP contribution in [0.4, 0.5) is 13.2 Å². The number of aliphatic carboxylic acids is 4. The van der Waals surface area contributed by atoms with E-state index in [1.165, 1.54) is 12.1 Å². The highest BCUT2D eigenvalue weighted by Gasteiger charge is 2.30. The van der Waals surface area contributed by atoms with Crippen LogP contribution in [-0.4, -0.2) is 76.3 Å². The third-order valence-corrected chi connectivity index (χ3v) is 3.92. The van der Waals surface area contributed by atoms with Crippen molar-refractivity contribution in [2.75, 3.05) is 26.2 Å². The number of nitrogens with zero attached hydrogens (tertiary/aromatic N) is 1. The standard InChI is InChI=1S/C16H24F3N3O.2C4H4O4/c1-2-3-4-15(22-23-12-11-21-10-9-20)13-5-7-14(8-6-13)16(17,18)19;2*5-3(6)1-2-4(7)8/h5-8,21H,2-4,9-12,20H2,1H3;2*1-2H,(H,5,6)(H,7,8)/b22-15+;2*2-1-. The Hall–Kier alpha value is -4.24. The molecule has 1 aromatic carbocycles. The fourth-order valence-corrected chi connectivity index (χ4v) is 2.19. The number of carboxylic acid groups (broad SMARTS) is 4. The van der Waals surface area contributed by atoms with Crippen LogP contribution in [0.3, 0.4) is 0 Å². The van der Waals surface area contributed by atoms with Crippen molar-refractivity contribution in [3.8, 4) is 0 Å². The molecule has 1 rings (SSSR count). The van der Waals surface area contributed by atoms with E-state index >= 15 is 0 Å². The second-order valence-electron chi connectivity index (χ2n) is 7.11. The molecule has 0 saturated carbocycles. The van der Waals surface area contributed by atoms with Crippen LogP contribution in [0.25, 0.3) is 0 Å². The van der Waals surface area contributed by atoms with Crippen molar-refractivity contribution in [2.24, 2.45) is 10.9 Å². The van der Waals surface area contributed by atoms with Gasteiger partial charge in [0.05, 0.1) is 11.3 Å². The first-order valence-electron chi connectivity index (χ1n) is 11.3. The van der Waals surface area contributed by atoms with E-state index in [-0.39, 0.29) is 0 Å². The predicted molar refractivity (Wildman–Crippen MR) is 134 cm³/mol. The van der Waals surface area contributed by atoms with Gasteiger partial charge in [0.25, 0.3) is 0 Å². The maximum atomic E-state index is 12.6. The summed E-state index contributed by atoms with van der Waals surface area (Å²) in [4.78, 5) is 43.5. The van der Waals surface area contributed by atoms with Gasteiger partial charge in [-0.1, -0.05) is 30.6 Å². The Kier molecular flexibility index (Phi) is 20.6. The minimum Gasteiger partial charge on any atom is -0.478 e. The number of rotatable bonds is 14. The Morgan fingerprint density at radius 1 is 0.897 bits per heavy atom. The summed E-state index contributed by atoms with van der Waals surface area (Å²) >= 11 is 0. The molecule has 0 aliphatic heterocycles. The van der Waals surface area contributed by atoms with E-state index in [2.05, 4.69) is 10.5 Å². The highest BCUT2D eigenvalue weighted by atomic mass is 19.4. The molecule has 0 aliphatic rings. The fraction of sp³-hybridized carbons (Fsp3) is 0.375. The Morgan fingerprint density at radius 3 is 1.72 bits per heavy atom. The van der Waals surface area contributed by atoms with E-state index in [4.69, 9.17) is 31.0 Å². The van der Waals surface area contributed by atoms with Crippen LogP contribution in [0.1, 0.15) is 37.3 Å². The van der Waals surface area contributed by atoms with Gasteiger partial charge in [-0.25, -0.2) is 19.2 Å². The smallest absolute Gasteiger partial charge is 0.416 e.